The molecule has 0 bridgehead atoms. The number of ether oxygens (including phenoxy) is 3. The highest BCUT2D eigenvalue weighted by Gasteiger charge is 2.25. The number of nitrogens with two attached hydrogens (primary N) is 1. The molecule has 10 nitrogen and oxygen atoms in total. The Morgan fingerprint density at radius 1 is 1.00 bits per heavy atom. The zero-order chi connectivity index (χ0) is 22.7. The number of carbonyl (C=O) groups is 1. The van der Waals surface area contributed by atoms with E-state index in [0.29, 0.717) is 36.0 Å². The first kappa shape index (κ1) is 21.4. The summed E-state index contributed by atoms with van der Waals surface area (Å²) >= 11 is 0. The molecular formula is C22H25N5O5. The third kappa shape index (κ3) is 3.92. The predicted octanol–water partition coefficient (Wildman–Crippen LogP) is 2.33. The van der Waals surface area contributed by atoms with Crippen LogP contribution in [0.5, 0.6) is 17.2 Å². The Labute approximate surface area is 185 Å². The summed E-state index contributed by atoms with van der Waals surface area (Å²) in [6.07, 6.45) is 0. The van der Waals surface area contributed by atoms with Crippen molar-refractivity contribution < 1.29 is 24.1 Å². The van der Waals surface area contributed by atoms with Crippen molar-refractivity contribution in [1.82, 2.24) is 14.8 Å². The largest absolute Gasteiger partial charge is 0.507 e. The van der Waals surface area contributed by atoms with E-state index in [-0.39, 0.29) is 24.2 Å². The van der Waals surface area contributed by atoms with Gasteiger partial charge in [-0.1, -0.05) is 13.8 Å². The van der Waals surface area contributed by atoms with E-state index in [1.54, 1.807) is 6.07 Å². The summed E-state index contributed by atoms with van der Waals surface area (Å²) in [4.78, 5) is 14.2. The molecule has 10 heteroatoms. The molecule has 0 radical (unpaired) electrons. The van der Waals surface area contributed by atoms with Gasteiger partial charge in [-0.25, -0.2) is 0 Å². The number of amides is 1. The molecule has 0 saturated carbocycles. The van der Waals surface area contributed by atoms with E-state index in [2.05, 4.69) is 15.1 Å². The second-order valence-corrected chi connectivity index (χ2v) is 6.89. The summed E-state index contributed by atoms with van der Waals surface area (Å²) in [7, 11) is 0. The van der Waals surface area contributed by atoms with Gasteiger partial charge in [0.15, 0.2) is 17.3 Å². The molecule has 0 aliphatic carbocycles. The van der Waals surface area contributed by atoms with Crippen LogP contribution in [0.3, 0.4) is 0 Å². The summed E-state index contributed by atoms with van der Waals surface area (Å²) in [5.74, 6) is 0.327. The fraction of sp³-hybridized carbons (Fsp3) is 0.318. The van der Waals surface area contributed by atoms with E-state index < -0.39 is 5.91 Å². The van der Waals surface area contributed by atoms with Crippen molar-refractivity contribution >= 4 is 11.6 Å². The van der Waals surface area contributed by atoms with Crippen LogP contribution in [0.25, 0.3) is 17.1 Å². The minimum atomic E-state index is -0.730. The van der Waals surface area contributed by atoms with E-state index in [4.69, 9.17) is 19.9 Å². The highest BCUT2D eigenvalue weighted by atomic mass is 16.7. The number of aromatic nitrogens is 3. The average Bonchev–Trinajstić information content (AvgIpc) is 3.47. The molecule has 5 rings (SSSR count). The molecular weight excluding hydrogens is 414 g/mol. The molecule has 1 saturated heterocycles. The van der Waals surface area contributed by atoms with Crippen LogP contribution in [0.4, 0.5) is 5.69 Å². The van der Waals surface area contributed by atoms with Gasteiger partial charge in [0.25, 0.3) is 5.91 Å². The minimum Gasteiger partial charge on any atom is -0.507 e. The summed E-state index contributed by atoms with van der Waals surface area (Å²) < 4.78 is 17.6. The van der Waals surface area contributed by atoms with Gasteiger partial charge in [-0.3, -0.25) is 9.36 Å². The predicted molar refractivity (Wildman–Crippen MR) is 117 cm³/mol. The number of morpholine rings is 1. The summed E-state index contributed by atoms with van der Waals surface area (Å²) in [5.41, 5.74) is 7.55. The van der Waals surface area contributed by atoms with Gasteiger partial charge in [0.2, 0.25) is 12.6 Å². The topological polar surface area (TPSA) is 125 Å². The zero-order valence-corrected chi connectivity index (χ0v) is 17.9. The van der Waals surface area contributed by atoms with Crippen LogP contribution in [-0.4, -0.2) is 58.9 Å². The van der Waals surface area contributed by atoms with Gasteiger partial charge >= 0.3 is 0 Å². The van der Waals surface area contributed by atoms with Crippen molar-refractivity contribution in [2.45, 2.75) is 13.8 Å². The van der Waals surface area contributed by atoms with Crippen molar-refractivity contribution in [2.75, 3.05) is 38.0 Å². The summed E-state index contributed by atoms with van der Waals surface area (Å²) in [6.45, 7) is 7.07. The highest BCUT2D eigenvalue weighted by Crippen LogP contribution is 2.42. The molecule has 2 aliphatic rings. The number of primary amides is 1. The van der Waals surface area contributed by atoms with Crippen LogP contribution >= 0.6 is 0 Å². The van der Waals surface area contributed by atoms with Crippen LogP contribution < -0.4 is 20.1 Å². The van der Waals surface area contributed by atoms with Crippen LogP contribution in [-0.2, 0) is 4.74 Å². The van der Waals surface area contributed by atoms with Crippen LogP contribution in [0.2, 0.25) is 0 Å². The lowest BCUT2D eigenvalue weighted by Crippen LogP contribution is -2.36. The SMILES string of the molecule is CC.NC(=O)c1nnc(-c2cc3c(cc2O)OCO3)n1-c1ccc(N2CCOCC2)cc1. The standard InChI is InChI=1S/C20H19N5O5.C2H6/c21-18(27)20-23-22-19(14-9-16-17(10-15(14)26)30-11-29-16)25(20)13-3-1-12(2-4-13)24-5-7-28-8-6-24;1-2/h1-4,9-10,26H,5-8,11H2,(H2,21,27);1-2H3. The van der Waals surface area contributed by atoms with Gasteiger partial charge in [0, 0.05) is 30.5 Å². The van der Waals surface area contributed by atoms with Gasteiger partial charge in [0.1, 0.15) is 5.75 Å². The molecule has 3 heterocycles. The third-order valence-electron chi connectivity index (χ3n) is 5.10. The Kier molecular flexibility index (Phi) is 6.13. The fourth-order valence-electron chi connectivity index (χ4n) is 3.61. The quantitative estimate of drug-likeness (QED) is 0.635. The Morgan fingerprint density at radius 3 is 2.28 bits per heavy atom. The van der Waals surface area contributed by atoms with Crippen molar-refractivity contribution in [3.63, 3.8) is 0 Å². The van der Waals surface area contributed by atoms with Gasteiger partial charge in [-0.15, -0.1) is 10.2 Å². The molecule has 1 amide bonds. The third-order valence-corrected chi connectivity index (χ3v) is 5.10. The number of benzene rings is 2. The number of fused-ring (bicyclic) bond motifs is 1. The summed E-state index contributed by atoms with van der Waals surface area (Å²) in [5, 5.41) is 18.6. The first-order valence-corrected chi connectivity index (χ1v) is 10.4. The molecule has 3 N–H and O–H groups in total. The second-order valence-electron chi connectivity index (χ2n) is 6.89. The van der Waals surface area contributed by atoms with Crippen LogP contribution in [0.15, 0.2) is 36.4 Å². The van der Waals surface area contributed by atoms with Gasteiger partial charge in [-0.2, -0.15) is 0 Å². The van der Waals surface area contributed by atoms with Gasteiger partial charge in [-0.05, 0) is 30.3 Å². The lowest BCUT2D eigenvalue weighted by atomic mass is 10.1. The van der Waals surface area contributed by atoms with Crippen molar-refractivity contribution in [2.24, 2.45) is 5.73 Å². The molecule has 2 aliphatic heterocycles. The molecule has 3 aromatic rings. The van der Waals surface area contributed by atoms with Crippen LogP contribution in [0, 0.1) is 0 Å². The van der Waals surface area contributed by atoms with Gasteiger partial charge < -0.3 is 30.0 Å². The number of anilines is 1. The van der Waals surface area contributed by atoms with E-state index in [0.717, 1.165) is 18.8 Å². The first-order chi connectivity index (χ1) is 15.6. The lowest BCUT2D eigenvalue weighted by Gasteiger charge is -2.29. The molecule has 168 valence electrons. The second kappa shape index (κ2) is 9.15. The highest BCUT2D eigenvalue weighted by molar-refractivity contribution is 5.91. The number of hydrogen-bond acceptors (Lipinski definition) is 8. The number of phenolic OH excluding ortho intramolecular Hbond substituents is 1. The minimum absolute atomic E-state index is 0.0406. The Morgan fingerprint density at radius 2 is 1.62 bits per heavy atom. The Bertz CT molecular complexity index is 1110. The van der Waals surface area contributed by atoms with E-state index in [1.165, 1.54) is 10.6 Å². The number of carbonyl (C=O) groups excluding carboxylic acids is 1. The molecule has 1 fully saturated rings. The molecule has 2 aromatic carbocycles. The smallest absolute Gasteiger partial charge is 0.287 e. The number of phenols is 1. The lowest BCUT2D eigenvalue weighted by molar-refractivity contribution is 0.0988. The normalized spacial score (nSPS) is 14.6. The monoisotopic (exact) mass is 439 g/mol. The maximum absolute atomic E-state index is 12.0. The molecule has 1 aromatic heterocycles. The Balaban J connectivity index is 0.00000119. The molecule has 0 atom stereocenters. The fourth-order valence-corrected chi connectivity index (χ4v) is 3.61. The number of nitrogens with zero attached hydrogens (tertiary/aromatic N) is 4. The number of aromatic hydroxyl groups is 1. The van der Waals surface area contributed by atoms with Crippen molar-refractivity contribution in [3.05, 3.63) is 42.2 Å². The van der Waals surface area contributed by atoms with E-state index in [1.807, 2.05) is 38.1 Å². The maximum atomic E-state index is 12.0. The van der Waals surface area contributed by atoms with E-state index >= 15 is 0 Å². The number of hydrogen-bond donors (Lipinski definition) is 2. The van der Waals surface area contributed by atoms with Crippen LogP contribution in [0.1, 0.15) is 24.5 Å². The zero-order valence-electron chi connectivity index (χ0n) is 17.9. The van der Waals surface area contributed by atoms with Crippen molar-refractivity contribution in [1.29, 1.82) is 0 Å². The molecule has 0 unspecified atom stereocenters. The van der Waals surface area contributed by atoms with E-state index in [9.17, 15) is 9.90 Å². The van der Waals surface area contributed by atoms with Crippen molar-refractivity contribution in [3.8, 4) is 34.3 Å². The van der Waals surface area contributed by atoms with Gasteiger partial charge in [0.05, 0.1) is 18.8 Å². The molecule has 32 heavy (non-hydrogen) atoms. The molecule has 0 spiro atoms. The number of rotatable bonds is 4. The first-order valence-electron chi connectivity index (χ1n) is 10.4. The maximum Gasteiger partial charge on any atom is 0.287 e. The average molecular weight is 439 g/mol. The Hall–Kier alpha value is -3.79. The summed E-state index contributed by atoms with van der Waals surface area (Å²) in [6, 6.07) is 10.7.